The highest BCUT2D eigenvalue weighted by Gasteiger charge is 2.33. The van der Waals surface area contributed by atoms with E-state index in [0.29, 0.717) is 13.1 Å². The molecular formula is C7H11N2O2. The summed E-state index contributed by atoms with van der Waals surface area (Å²) < 4.78 is 0. The Hall–Kier alpha value is -0.600. The molecule has 4 heteroatoms. The molecule has 2 N–H and O–H groups in total. The molecule has 1 saturated heterocycles. The van der Waals surface area contributed by atoms with Crippen molar-refractivity contribution in [1.29, 1.82) is 0 Å². The Labute approximate surface area is 66.0 Å². The number of aliphatic hydroxyl groups is 2. The first-order valence-corrected chi connectivity index (χ1v) is 3.29. The standard InChI is InChI=1S/C7H11N2O2/c1-3-4-9-5-6(10)8(2)7(9)11/h1,6-7,10-11H,2,4-5H2. The summed E-state index contributed by atoms with van der Waals surface area (Å²) in [5.74, 6) is 2.38. The quantitative estimate of drug-likeness (QED) is 0.458. The summed E-state index contributed by atoms with van der Waals surface area (Å²) in [6.07, 6.45) is 3.45. The topological polar surface area (TPSA) is 46.9 Å². The summed E-state index contributed by atoms with van der Waals surface area (Å²) in [7, 11) is 3.46. The van der Waals surface area contributed by atoms with Gasteiger partial charge in [0.1, 0.15) is 6.23 Å². The van der Waals surface area contributed by atoms with E-state index in [9.17, 15) is 5.11 Å². The lowest BCUT2D eigenvalue weighted by Crippen LogP contribution is -2.36. The van der Waals surface area contributed by atoms with Crippen LogP contribution in [0.5, 0.6) is 0 Å². The lowest BCUT2D eigenvalue weighted by Gasteiger charge is -2.19. The highest BCUT2D eigenvalue weighted by Crippen LogP contribution is 2.14. The molecule has 0 aromatic heterocycles. The molecule has 1 aliphatic rings. The van der Waals surface area contributed by atoms with E-state index in [1.54, 1.807) is 4.90 Å². The molecule has 0 amide bonds. The van der Waals surface area contributed by atoms with Gasteiger partial charge in [0.2, 0.25) is 0 Å². The zero-order chi connectivity index (χ0) is 8.43. The minimum atomic E-state index is -0.860. The lowest BCUT2D eigenvalue weighted by molar-refractivity contribution is -0.0616. The monoisotopic (exact) mass is 155 g/mol. The van der Waals surface area contributed by atoms with Gasteiger partial charge < -0.3 is 10.2 Å². The number of β-amino-alcohol motifs (C(OH)–C–C–N with tert-alkyl or cyclic N) is 1. The van der Waals surface area contributed by atoms with Gasteiger partial charge in [0.15, 0.2) is 6.35 Å². The molecule has 1 fully saturated rings. The van der Waals surface area contributed by atoms with Crippen molar-refractivity contribution in [2.45, 2.75) is 12.6 Å². The van der Waals surface area contributed by atoms with Crippen molar-refractivity contribution in [3.63, 3.8) is 0 Å². The first-order chi connectivity index (χ1) is 5.16. The molecule has 0 aliphatic carbocycles. The van der Waals surface area contributed by atoms with Gasteiger partial charge in [-0.1, -0.05) is 5.92 Å². The third-order valence-electron chi connectivity index (χ3n) is 1.70. The first kappa shape index (κ1) is 8.50. The molecule has 61 valence electrons. The Morgan fingerprint density at radius 1 is 1.64 bits per heavy atom. The van der Waals surface area contributed by atoms with Crippen LogP contribution in [0.4, 0.5) is 0 Å². The minimum absolute atomic E-state index is 0.324. The number of hydrogen-bond donors (Lipinski definition) is 2. The third-order valence-corrected chi connectivity index (χ3v) is 1.70. The number of rotatable bonds is 1. The van der Waals surface area contributed by atoms with Crippen LogP contribution in [0, 0.1) is 19.4 Å². The fourth-order valence-electron chi connectivity index (χ4n) is 1.04. The van der Waals surface area contributed by atoms with E-state index < -0.39 is 12.6 Å². The summed E-state index contributed by atoms with van der Waals surface area (Å²) in [4.78, 5) is 2.76. The Morgan fingerprint density at radius 2 is 2.27 bits per heavy atom. The average molecular weight is 155 g/mol. The van der Waals surface area contributed by atoms with Gasteiger partial charge >= 0.3 is 0 Å². The molecule has 1 radical (unpaired) electrons. The Kier molecular flexibility index (Phi) is 2.47. The second-order valence-corrected chi connectivity index (χ2v) is 2.47. The smallest absolute Gasteiger partial charge is 0.168 e. The van der Waals surface area contributed by atoms with Crippen molar-refractivity contribution in [3.05, 3.63) is 7.05 Å². The highest BCUT2D eigenvalue weighted by molar-refractivity contribution is 4.91. The lowest BCUT2D eigenvalue weighted by atomic mass is 10.5. The second kappa shape index (κ2) is 3.20. The van der Waals surface area contributed by atoms with Crippen LogP contribution in [0.15, 0.2) is 0 Å². The largest absolute Gasteiger partial charge is 0.377 e. The van der Waals surface area contributed by atoms with Crippen LogP contribution in [0.2, 0.25) is 0 Å². The molecule has 0 spiro atoms. The van der Waals surface area contributed by atoms with Crippen molar-refractivity contribution >= 4 is 0 Å². The maximum absolute atomic E-state index is 9.29. The predicted molar refractivity (Wildman–Crippen MR) is 39.6 cm³/mol. The molecule has 0 saturated carbocycles. The molecule has 11 heavy (non-hydrogen) atoms. The van der Waals surface area contributed by atoms with E-state index in [2.05, 4.69) is 13.0 Å². The van der Waals surface area contributed by atoms with E-state index in [4.69, 9.17) is 11.5 Å². The van der Waals surface area contributed by atoms with Crippen LogP contribution in [0.1, 0.15) is 0 Å². The minimum Gasteiger partial charge on any atom is -0.377 e. The van der Waals surface area contributed by atoms with Crippen molar-refractivity contribution in [3.8, 4) is 12.3 Å². The summed E-state index contributed by atoms with van der Waals surface area (Å²) in [5, 5.41) is 18.5. The molecule has 0 bridgehead atoms. The molecule has 1 heterocycles. The van der Waals surface area contributed by atoms with Gasteiger partial charge in [0.05, 0.1) is 6.54 Å². The molecule has 1 rings (SSSR count). The number of nitrogens with zero attached hydrogens (tertiary/aromatic N) is 2. The van der Waals surface area contributed by atoms with Crippen LogP contribution in [-0.2, 0) is 0 Å². The third kappa shape index (κ3) is 1.52. The maximum Gasteiger partial charge on any atom is 0.168 e. The van der Waals surface area contributed by atoms with E-state index in [-0.39, 0.29) is 0 Å². The van der Waals surface area contributed by atoms with Crippen LogP contribution in [0.3, 0.4) is 0 Å². The summed E-state index contributed by atoms with van der Waals surface area (Å²) in [6, 6.07) is 0. The fraction of sp³-hybridized carbons (Fsp3) is 0.571. The molecular weight excluding hydrogens is 144 g/mol. The van der Waals surface area contributed by atoms with Crippen LogP contribution in [-0.4, -0.2) is 45.7 Å². The van der Waals surface area contributed by atoms with Gasteiger partial charge in [0, 0.05) is 13.6 Å². The predicted octanol–water partition coefficient (Wildman–Crippen LogP) is -1.38. The average Bonchev–Trinajstić information content (AvgIpc) is 2.19. The zero-order valence-corrected chi connectivity index (χ0v) is 6.14. The second-order valence-electron chi connectivity index (χ2n) is 2.47. The van der Waals surface area contributed by atoms with Gasteiger partial charge in [0.25, 0.3) is 0 Å². The van der Waals surface area contributed by atoms with E-state index >= 15 is 0 Å². The van der Waals surface area contributed by atoms with Crippen LogP contribution < -0.4 is 0 Å². The van der Waals surface area contributed by atoms with Gasteiger partial charge in [-0.05, 0) is 0 Å². The van der Waals surface area contributed by atoms with Crippen molar-refractivity contribution in [2.75, 3.05) is 13.1 Å². The molecule has 2 atom stereocenters. The number of terminal acetylenes is 1. The molecule has 0 aromatic carbocycles. The summed E-state index contributed by atoms with van der Waals surface area (Å²) >= 11 is 0. The van der Waals surface area contributed by atoms with E-state index in [1.807, 2.05) is 0 Å². The number of aliphatic hydroxyl groups excluding tert-OH is 2. The Bertz CT molecular complexity index is 178. The van der Waals surface area contributed by atoms with Gasteiger partial charge in [-0.2, -0.15) is 0 Å². The van der Waals surface area contributed by atoms with Gasteiger partial charge in [-0.25, -0.2) is 4.90 Å². The summed E-state index contributed by atoms with van der Waals surface area (Å²) in [6.45, 7) is 0.666. The SMILES string of the molecule is C#CCN1CC(O)N([CH2])C1O. The molecule has 2 unspecified atom stereocenters. The first-order valence-electron chi connectivity index (χ1n) is 3.29. The van der Waals surface area contributed by atoms with Crippen molar-refractivity contribution in [1.82, 2.24) is 9.80 Å². The molecule has 1 aliphatic heterocycles. The van der Waals surface area contributed by atoms with Crippen molar-refractivity contribution in [2.24, 2.45) is 0 Å². The summed E-state index contributed by atoms with van der Waals surface area (Å²) in [5.41, 5.74) is 0. The highest BCUT2D eigenvalue weighted by atomic mass is 16.4. The van der Waals surface area contributed by atoms with E-state index in [0.717, 1.165) is 0 Å². The zero-order valence-electron chi connectivity index (χ0n) is 6.14. The Morgan fingerprint density at radius 3 is 2.64 bits per heavy atom. The van der Waals surface area contributed by atoms with E-state index in [1.165, 1.54) is 4.90 Å². The van der Waals surface area contributed by atoms with Crippen LogP contribution in [0.25, 0.3) is 0 Å². The number of hydrogen-bond acceptors (Lipinski definition) is 4. The normalized spacial score (nSPS) is 34.0. The maximum atomic E-state index is 9.29. The fourth-order valence-corrected chi connectivity index (χ4v) is 1.04. The van der Waals surface area contributed by atoms with Gasteiger partial charge in [-0.15, -0.1) is 6.42 Å². The van der Waals surface area contributed by atoms with Crippen LogP contribution >= 0.6 is 0 Å². The molecule has 4 nitrogen and oxygen atoms in total. The Balaban J connectivity index is 2.54. The molecule has 0 aromatic rings. The van der Waals surface area contributed by atoms with Crippen molar-refractivity contribution < 1.29 is 10.2 Å². The van der Waals surface area contributed by atoms with Gasteiger partial charge in [-0.3, -0.25) is 4.90 Å².